The van der Waals surface area contributed by atoms with Gasteiger partial charge in [-0.05, 0) is 22.4 Å². The number of oxime groups is 1. The molecule has 0 radical (unpaired) electrons. The minimum Gasteiger partial charge on any atom is -0.389 e. The Kier molecular flexibility index (Phi) is 4.08. The molecule has 0 fully saturated rings. The van der Waals surface area contributed by atoms with Crippen molar-refractivity contribution in [2.45, 2.75) is 6.61 Å². The number of hydrogen-bond acceptors (Lipinski definition) is 6. The zero-order valence-electron chi connectivity index (χ0n) is 9.51. The molecule has 0 aliphatic heterocycles. The maximum absolute atomic E-state index is 5.97. The summed E-state index contributed by atoms with van der Waals surface area (Å²) in [5, 5.41) is 11.5. The van der Waals surface area contributed by atoms with Crippen LogP contribution in [0.1, 0.15) is 11.3 Å². The number of anilines is 1. The van der Waals surface area contributed by atoms with Gasteiger partial charge in [-0.2, -0.15) is 0 Å². The Balaban J connectivity index is 2.01. The van der Waals surface area contributed by atoms with Gasteiger partial charge in [0.05, 0.1) is 0 Å². The van der Waals surface area contributed by atoms with Crippen LogP contribution in [-0.2, 0) is 11.4 Å². The van der Waals surface area contributed by atoms with Crippen LogP contribution in [0.5, 0.6) is 0 Å². The minimum atomic E-state index is -0.0381. The van der Waals surface area contributed by atoms with Crippen LogP contribution in [0, 0.1) is 0 Å². The first-order valence-corrected chi connectivity index (χ1v) is 5.81. The monoisotopic (exact) mass is 301 g/mol. The van der Waals surface area contributed by atoms with Gasteiger partial charge in [0.1, 0.15) is 6.61 Å². The molecule has 0 unspecified atom stereocenters. The molecule has 1 aromatic carbocycles. The highest BCUT2D eigenvalue weighted by atomic mass is 35.5. The maximum Gasteiger partial charge on any atom is 0.199 e. The Bertz CT molecular complexity index is 614. The van der Waals surface area contributed by atoms with Gasteiger partial charge < -0.3 is 16.3 Å². The summed E-state index contributed by atoms with van der Waals surface area (Å²) in [6.07, 6.45) is 0. The Hall–Kier alpha value is -1.99. The predicted molar refractivity (Wildman–Crippen MR) is 70.7 cm³/mol. The second kappa shape index (κ2) is 5.77. The number of hydrogen-bond donors (Lipinski definition) is 2. The zero-order chi connectivity index (χ0) is 13.8. The molecule has 19 heavy (non-hydrogen) atoms. The Morgan fingerprint density at radius 3 is 2.79 bits per heavy atom. The van der Waals surface area contributed by atoms with Crippen LogP contribution in [0.15, 0.2) is 28.0 Å². The number of benzene rings is 1. The van der Waals surface area contributed by atoms with Crippen LogP contribution in [-0.4, -0.2) is 16.1 Å². The lowest BCUT2D eigenvalue weighted by Crippen LogP contribution is -2.16. The molecule has 0 bridgehead atoms. The molecule has 0 saturated heterocycles. The summed E-state index contributed by atoms with van der Waals surface area (Å²) in [6.45, 7) is 0.127. The summed E-state index contributed by atoms with van der Waals surface area (Å²) in [7, 11) is 0. The van der Waals surface area contributed by atoms with Crippen molar-refractivity contribution in [2.75, 3.05) is 5.73 Å². The van der Waals surface area contributed by atoms with E-state index in [1.54, 1.807) is 18.2 Å². The van der Waals surface area contributed by atoms with Gasteiger partial charge in [-0.25, -0.2) is 4.63 Å². The van der Waals surface area contributed by atoms with Gasteiger partial charge in [0, 0.05) is 15.6 Å². The van der Waals surface area contributed by atoms with Gasteiger partial charge in [-0.3, -0.25) is 0 Å². The molecule has 4 N–H and O–H groups in total. The van der Waals surface area contributed by atoms with Crippen LogP contribution in [0.4, 0.5) is 5.82 Å². The number of amidine groups is 1. The third kappa shape index (κ3) is 3.27. The highest BCUT2D eigenvalue weighted by Crippen LogP contribution is 2.21. The quantitative estimate of drug-likeness (QED) is 0.506. The molecular formula is C10H9Cl2N5O2. The fourth-order valence-corrected chi connectivity index (χ4v) is 1.69. The van der Waals surface area contributed by atoms with E-state index in [4.69, 9.17) is 39.5 Å². The van der Waals surface area contributed by atoms with E-state index in [1.165, 1.54) is 0 Å². The first-order chi connectivity index (χ1) is 9.08. The molecule has 0 aliphatic rings. The normalized spacial score (nSPS) is 11.6. The lowest BCUT2D eigenvalue weighted by molar-refractivity contribution is 0.130. The molecule has 0 amide bonds. The lowest BCUT2D eigenvalue weighted by atomic mass is 10.2. The molecule has 0 spiro atoms. The molecule has 9 heteroatoms. The smallest absolute Gasteiger partial charge is 0.199 e. The fourth-order valence-electron chi connectivity index (χ4n) is 1.23. The number of halogens is 2. The van der Waals surface area contributed by atoms with Crippen LogP contribution >= 0.6 is 23.2 Å². The van der Waals surface area contributed by atoms with Crippen molar-refractivity contribution in [1.82, 2.24) is 10.3 Å². The number of nitrogens with two attached hydrogens (primary N) is 2. The molecule has 1 aromatic heterocycles. The average Bonchev–Trinajstić information content (AvgIpc) is 2.78. The van der Waals surface area contributed by atoms with Crippen molar-refractivity contribution in [2.24, 2.45) is 10.9 Å². The van der Waals surface area contributed by atoms with Gasteiger partial charge in [0.25, 0.3) is 0 Å². The molecule has 2 aromatic rings. The van der Waals surface area contributed by atoms with Crippen molar-refractivity contribution in [3.8, 4) is 0 Å². The molecule has 0 saturated carbocycles. The Labute approximate surface area is 118 Å². The number of nitrogen functional groups attached to an aromatic ring is 1. The largest absolute Gasteiger partial charge is 0.389 e. The van der Waals surface area contributed by atoms with E-state index >= 15 is 0 Å². The van der Waals surface area contributed by atoms with E-state index in [-0.39, 0.29) is 24.0 Å². The van der Waals surface area contributed by atoms with E-state index in [0.717, 1.165) is 0 Å². The summed E-state index contributed by atoms with van der Waals surface area (Å²) in [5.74, 6) is -0.00166. The summed E-state index contributed by atoms with van der Waals surface area (Å²) in [6, 6.07) is 5.02. The van der Waals surface area contributed by atoms with Crippen molar-refractivity contribution < 1.29 is 9.47 Å². The summed E-state index contributed by atoms with van der Waals surface area (Å²) < 4.78 is 4.39. The summed E-state index contributed by atoms with van der Waals surface area (Å²) in [4.78, 5) is 5.05. The van der Waals surface area contributed by atoms with Crippen molar-refractivity contribution in [3.05, 3.63) is 39.5 Å². The van der Waals surface area contributed by atoms with Crippen LogP contribution in [0.3, 0.4) is 0 Å². The maximum atomic E-state index is 5.97. The third-order valence-electron chi connectivity index (χ3n) is 2.15. The zero-order valence-corrected chi connectivity index (χ0v) is 11.0. The van der Waals surface area contributed by atoms with E-state index < -0.39 is 0 Å². The van der Waals surface area contributed by atoms with Crippen LogP contribution in [0.2, 0.25) is 10.0 Å². The fraction of sp³-hybridized carbons (Fsp3) is 0.100. The standard InChI is InChI=1S/C10H9Cl2N5O2/c11-6-2-1-5(7(12)3-6)4-18-16-9(13)8-10(14)17-19-15-8/h1-3H,4H2,(H2,13,16)(H2,14,17). The van der Waals surface area contributed by atoms with Crippen LogP contribution in [0.25, 0.3) is 0 Å². The van der Waals surface area contributed by atoms with Gasteiger partial charge in [-0.15, -0.1) is 0 Å². The highest BCUT2D eigenvalue weighted by Gasteiger charge is 2.11. The lowest BCUT2D eigenvalue weighted by Gasteiger charge is -2.03. The predicted octanol–water partition coefficient (Wildman–Crippen LogP) is 1.80. The van der Waals surface area contributed by atoms with E-state index in [9.17, 15) is 0 Å². The molecule has 7 nitrogen and oxygen atoms in total. The highest BCUT2D eigenvalue weighted by molar-refractivity contribution is 6.35. The van der Waals surface area contributed by atoms with Gasteiger partial charge in [0.15, 0.2) is 17.3 Å². The molecule has 2 rings (SSSR count). The Morgan fingerprint density at radius 2 is 2.16 bits per heavy atom. The van der Waals surface area contributed by atoms with Crippen LogP contribution < -0.4 is 11.5 Å². The Morgan fingerprint density at radius 1 is 1.37 bits per heavy atom. The summed E-state index contributed by atoms with van der Waals surface area (Å²) in [5.41, 5.74) is 11.9. The molecule has 1 heterocycles. The average molecular weight is 302 g/mol. The van der Waals surface area contributed by atoms with E-state index in [2.05, 4.69) is 20.1 Å². The molecule has 100 valence electrons. The second-order valence-electron chi connectivity index (χ2n) is 3.48. The molecule has 0 aliphatic carbocycles. The number of aromatic nitrogens is 2. The first kappa shape index (κ1) is 13.4. The third-order valence-corrected chi connectivity index (χ3v) is 2.74. The molecule has 0 atom stereocenters. The van der Waals surface area contributed by atoms with E-state index in [1.807, 2.05) is 0 Å². The minimum absolute atomic E-state index is 0.0365. The van der Waals surface area contributed by atoms with Crippen molar-refractivity contribution >= 4 is 34.9 Å². The van der Waals surface area contributed by atoms with E-state index in [0.29, 0.717) is 15.6 Å². The molecular weight excluding hydrogens is 293 g/mol. The topological polar surface area (TPSA) is 113 Å². The first-order valence-electron chi connectivity index (χ1n) is 5.05. The summed E-state index contributed by atoms with van der Waals surface area (Å²) >= 11 is 11.7. The second-order valence-corrected chi connectivity index (χ2v) is 4.33. The number of nitrogens with zero attached hydrogens (tertiary/aromatic N) is 3. The van der Waals surface area contributed by atoms with Crippen molar-refractivity contribution in [1.29, 1.82) is 0 Å². The SMILES string of the molecule is N/C(=N\OCc1ccc(Cl)cc1Cl)c1nonc1N. The van der Waals surface area contributed by atoms with Gasteiger partial charge >= 0.3 is 0 Å². The van der Waals surface area contributed by atoms with Gasteiger partial charge in [0.2, 0.25) is 0 Å². The van der Waals surface area contributed by atoms with Gasteiger partial charge in [-0.1, -0.05) is 34.4 Å². The number of rotatable bonds is 4. The van der Waals surface area contributed by atoms with Crippen molar-refractivity contribution in [3.63, 3.8) is 0 Å².